The highest BCUT2D eigenvalue weighted by Crippen LogP contribution is 2.15. The fraction of sp³-hybridized carbons (Fsp3) is 0.538. The van der Waals surface area contributed by atoms with E-state index in [0.717, 1.165) is 24.8 Å². The van der Waals surface area contributed by atoms with Crippen molar-refractivity contribution in [1.82, 2.24) is 5.32 Å². The van der Waals surface area contributed by atoms with E-state index >= 15 is 0 Å². The zero-order chi connectivity index (χ0) is 12.7. The quantitative estimate of drug-likeness (QED) is 0.807. The van der Waals surface area contributed by atoms with Crippen LogP contribution in [0.5, 0.6) is 0 Å². The van der Waals surface area contributed by atoms with Crippen LogP contribution in [-0.2, 0) is 6.42 Å². The zero-order valence-corrected chi connectivity index (χ0v) is 11.1. The fourth-order valence-electron chi connectivity index (χ4n) is 1.80. The molecule has 1 aromatic rings. The first-order valence-corrected chi connectivity index (χ1v) is 7.23. The van der Waals surface area contributed by atoms with Gasteiger partial charge in [0.25, 0.3) is 0 Å². The van der Waals surface area contributed by atoms with Gasteiger partial charge in [-0.15, -0.1) is 0 Å². The van der Waals surface area contributed by atoms with Crippen LogP contribution in [0.4, 0.5) is 8.78 Å². The van der Waals surface area contributed by atoms with Gasteiger partial charge in [0.05, 0.1) is 0 Å². The van der Waals surface area contributed by atoms with Crippen LogP contribution in [0.2, 0.25) is 0 Å². The molecule has 0 saturated carbocycles. The minimum absolute atomic E-state index is 0.212. The first-order valence-electron chi connectivity index (χ1n) is 5.84. The lowest BCUT2D eigenvalue weighted by Crippen LogP contribution is -2.31. The maximum Gasteiger partial charge on any atom is 0.162 e. The molecule has 1 atom stereocenters. The van der Waals surface area contributed by atoms with Crippen molar-refractivity contribution in [3.63, 3.8) is 0 Å². The Kier molecular flexibility index (Phi) is 6.52. The van der Waals surface area contributed by atoms with Gasteiger partial charge in [-0.3, -0.25) is 0 Å². The predicted octanol–water partition coefficient (Wildman–Crippen LogP) is 3.24. The molecule has 0 fully saturated rings. The first-order chi connectivity index (χ1) is 8.19. The summed E-state index contributed by atoms with van der Waals surface area (Å²) in [6, 6.07) is 4.58. The highest BCUT2D eigenvalue weighted by molar-refractivity contribution is 7.98. The van der Waals surface area contributed by atoms with Crippen molar-refractivity contribution in [2.45, 2.75) is 25.8 Å². The van der Waals surface area contributed by atoms with Crippen molar-refractivity contribution in [2.24, 2.45) is 0 Å². The fourth-order valence-corrected chi connectivity index (χ4v) is 2.32. The molecule has 0 amide bonds. The monoisotopic (exact) mass is 259 g/mol. The van der Waals surface area contributed by atoms with Crippen LogP contribution in [0, 0.1) is 11.6 Å². The number of thioether (sulfide) groups is 1. The molecule has 17 heavy (non-hydrogen) atoms. The van der Waals surface area contributed by atoms with Gasteiger partial charge in [-0.1, -0.05) is 19.1 Å². The van der Waals surface area contributed by atoms with Gasteiger partial charge in [-0.25, -0.2) is 8.78 Å². The van der Waals surface area contributed by atoms with Crippen molar-refractivity contribution in [2.75, 3.05) is 18.6 Å². The SMILES string of the molecule is CCNC(CCSC)Cc1cccc(F)c1F. The molecule has 0 aliphatic rings. The average Bonchev–Trinajstić information content (AvgIpc) is 2.32. The summed E-state index contributed by atoms with van der Waals surface area (Å²) in [5.41, 5.74) is 0.456. The molecular formula is C13H19F2NS. The summed E-state index contributed by atoms with van der Waals surface area (Å²) >= 11 is 1.77. The van der Waals surface area contributed by atoms with Gasteiger partial charge < -0.3 is 5.32 Å². The van der Waals surface area contributed by atoms with Gasteiger partial charge >= 0.3 is 0 Å². The Morgan fingerprint density at radius 1 is 1.35 bits per heavy atom. The molecule has 0 saturated heterocycles. The van der Waals surface area contributed by atoms with Crippen LogP contribution in [0.15, 0.2) is 18.2 Å². The van der Waals surface area contributed by atoms with E-state index in [1.807, 2.05) is 13.2 Å². The second kappa shape index (κ2) is 7.67. The van der Waals surface area contributed by atoms with Gasteiger partial charge in [-0.2, -0.15) is 11.8 Å². The zero-order valence-electron chi connectivity index (χ0n) is 10.3. The van der Waals surface area contributed by atoms with E-state index in [0.29, 0.717) is 12.0 Å². The smallest absolute Gasteiger partial charge is 0.162 e. The molecule has 0 aliphatic heterocycles. The lowest BCUT2D eigenvalue weighted by Gasteiger charge is -2.17. The maximum atomic E-state index is 13.5. The Morgan fingerprint density at radius 2 is 2.12 bits per heavy atom. The summed E-state index contributed by atoms with van der Waals surface area (Å²) in [7, 11) is 0. The summed E-state index contributed by atoms with van der Waals surface area (Å²) in [6.07, 6.45) is 3.55. The van der Waals surface area contributed by atoms with Gasteiger partial charge in [0, 0.05) is 6.04 Å². The second-order valence-corrected chi connectivity index (χ2v) is 4.94. The molecule has 1 nitrogen and oxygen atoms in total. The minimum Gasteiger partial charge on any atom is -0.314 e. The van der Waals surface area contributed by atoms with Crippen molar-refractivity contribution >= 4 is 11.8 Å². The molecule has 1 unspecified atom stereocenters. The molecule has 0 heterocycles. The first kappa shape index (κ1) is 14.5. The number of hydrogen-bond donors (Lipinski definition) is 1. The molecule has 96 valence electrons. The van der Waals surface area contributed by atoms with Crippen LogP contribution < -0.4 is 5.32 Å². The number of nitrogens with one attached hydrogen (secondary N) is 1. The number of benzene rings is 1. The van der Waals surface area contributed by atoms with Crippen LogP contribution in [0.3, 0.4) is 0 Å². The Hall–Kier alpha value is -0.610. The Labute approximate surface area is 106 Å². The van der Waals surface area contributed by atoms with Crippen LogP contribution in [-0.4, -0.2) is 24.6 Å². The summed E-state index contributed by atoms with van der Waals surface area (Å²) in [6.45, 7) is 2.87. The molecule has 0 aromatic heterocycles. The van der Waals surface area contributed by atoms with E-state index in [1.54, 1.807) is 23.9 Å². The van der Waals surface area contributed by atoms with Crippen LogP contribution in [0.1, 0.15) is 18.9 Å². The Morgan fingerprint density at radius 3 is 2.76 bits per heavy atom. The number of likely N-dealkylation sites (N-methyl/N-ethyl adjacent to an activating group) is 1. The maximum absolute atomic E-state index is 13.5. The van der Waals surface area contributed by atoms with E-state index in [4.69, 9.17) is 0 Å². The molecule has 0 aliphatic carbocycles. The van der Waals surface area contributed by atoms with Gasteiger partial charge in [0.15, 0.2) is 11.6 Å². The lowest BCUT2D eigenvalue weighted by molar-refractivity contribution is 0.471. The summed E-state index contributed by atoms with van der Waals surface area (Å²) < 4.78 is 26.6. The lowest BCUT2D eigenvalue weighted by atomic mass is 10.0. The van der Waals surface area contributed by atoms with Gasteiger partial charge in [0.1, 0.15) is 0 Å². The molecular weight excluding hydrogens is 240 g/mol. The van der Waals surface area contributed by atoms with E-state index < -0.39 is 11.6 Å². The van der Waals surface area contributed by atoms with Crippen molar-refractivity contribution in [1.29, 1.82) is 0 Å². The largest absolute Gasteiger partial charge is 0.314 e. The highest BCUT2D eigenvalue weighted by atomic mass is 32.2. The Balaban J connectivity index is 2.67. The molecule has 4 heteroatoms. The molecule has 1 N–H and O–H groups in total. The predicted molar refractivity (Wildman–Crippen MR) is 70.5 cm³/mol. The molecule has 0 radical (unpaired) electrons. The Bertz CT molecular complexity index is 344. The van der Waals surface area contributed by atoms with E-state index in [9.17, 15) is 8.78 Å². The van der Waals surface area contributed by atoms with Crippen LogP contribution in [0.25, 0.3) is 0 Å². The third kappa shape index (κ3) is 4.64. The van der Waals surface area contributed by atoms with E-state index in [-0.39, 0.29) is 6.04 Å². The molecule has 1 aromatic carbocycles. The summed E-state index contributed by atoms with van der Waals surface area (Å²) in [4.78, 5) is 0. The van der Waals surface area contributed by atoms with E-state index in [2.05, 4.69) is 5.32 Å². The number of rotatable bonds is 7. The van der Waals surface area contributed by atoms with Gasteiger partial charge in [0.2, 0.25) is 0 Å². The number of halogens is 2. The summed E-state index contributed by atoms with van der Waals surface area (Å²) in [5, 5.41) is 3.31. The third-order valence-corrected chi connectivity index (χ3v) is 3.31. The molecule has 0 bridgehead atoms. The number of hydrogen-bond acceptors (Lipinski definition) is 2. The highest BCUT2D eigenvalue weighted by Gasteiger charge is 2.13. The van der Waals surface area contributed by atoms with E-state index in [1.165, 1.54) is 0 Å². The molecule has 1 rings (SSSR count). The summed E-state index contributed by atoms with van der Waals surface area (Å²) in [5.74, 6) is -0.448. The van der Waals surface area contributed by atoms with Gasteiger partial charge in [-0.05, 0) is 43.0 Å². The minimum atomic E-state index is -0.761. The molecule has 0 spiro atoms. The van der Waals surface area contributed by atoms with Crippen molar-refractivity contribution < 1.29 is 8.78 Å². The topological polar surface area (TPSA) is 12.0 Å². The van der Waals surface area contributed by atoms with Crippen molar-refractivity contribution in [3.8, 4) is 0 Å². The third-order valence-electron chi connectivity index (χ3n) is 2.66. The standard InChI is InChI=1S/C13H19F2NS/c1-3-16-11(7-8-17-2)9-10-5-4-6-12(14)13(10)15/h4-6,11,16H,3,7-9H2,1-2H3. The average molecular weight is 259 g/mol. The van der Waals surface area contributed by atoms with Crippen molar-refractivity contribution in [3.05, 3.63) is 35.4 Å². The second-order valence-electron chi connectivity index (χ2n) is 3.95. The van der Waals surface area contributed by atoms with Crippen LogP contribution >= 0.6 is 11.8 Å². The normalized spacial score (nSPS) is 12.7.